The summed E-state index contributed by atoms with van der Waals surface area (Å²) < 4.78 is 73.2. The minimum absolute atomic E-state index is 0.946. The van der Waals surface area contributed by atoms with Gasteiger partial charge in [0.05, 0.1) is 56.4 Å². The van der Waals surface area contributed by atoms with Crippen molar-refractivity contribution in [3.63, 3.8) is 0 Å². The van der Waals surface area contributed by atoms with Crippen molar-refractivity contribution < 1.29 is 94.0 Å². The Morgan fingerprint density at radius 3 is 0.333 bits per heavy atom. The Balaban J connectivity index is 0.000000238. The van der Waals surface area contributed by atoms with Crippen molar-refractivity contribution in [3.05, 3.63) is 437 Å². The maximum Gasteiger partial charge on any atom is 0.243 e. The third-order valence-corrected chi connectivity index (χ3v) is 16.3. The highest BCUT2D eigenvalue weighted by Gasteiger charge is 2.07. The summed E-state index contributed by atoms with van der Waals surface area (Å²) in [5.74, 6) is 0. The van der Waals surface area contributed by atoms with Crippen LogP contribution in [0.5, 0.6) is 0 Å². The van der Waals surface area contributed by atoms with Crippen LogP contribution in [0.4, 0.5) is 17.3 Å². The van der Waals surface area contributed by atoms with Crippen molar-refractivity contribution in [1.82, 2.24) is 36.5 Å². The predicted octanol–water partition coefficient (Wildman–Crippen LogP) is 1.53. The van der Waals surface area contributed by atoms with Crippen LogP contribution >= 0.6 is 0 Å². The Morgan fingerprint density at radius 1 is 0.183 bits per heavy atom. The van der Waals surface area contributed by atoms with Gasteiger partial charge in [-0.05, 0) is 44.5 Å². The van der Waals surface area contributed by atoms with E-state index in [4.69, 9.17) is 40.2 Å². The number of rotatable bonds is 16. The van der Waals surface area contributed by atoms with E-state index in [9.17, 15) is 17.3 Å². The first-order valence-electron chi connectivity index (χ1n) is 37.9. The second kappa shape index (κ2) is 57.2. The third-order valence-electron chi connectivity index (χ3n) is 16.3. The van der Waals surface area contributed by atoms with Gasteiger partial charge in [0.15, 0.2) is 0 Å². The molecule has 16 aromatic rings. The van der Waals surface area contributed by atoms with Crippen LogP contribution in [0, 0.1) is 0 Å². The first kappa shape index (κ1) is 97.7. The van der Waals surface area contributed by atoms with Crippen LogP contribution in [0.2, 0.25) is 0 Å². The van der Waals surface area contributed by atoms with Gasteiger partial charge in [0.25, 0.3) is 0 Å². The zero-order valence-corrected chi connectivity index (χ0v) is 68.8. The van der Waals surface area contributed by atoms with E-state index in [1.165, 1.54) is 44.5 Å². The Labute approximate surface area is 702 Å². The van der Waals surface area contributed by atoms with Gasteiger partial charge in [-0.1, -0.05) is 243 Å². The van der Waals surface area contributed by atoms with Crippen molar-refractivity contribution in [2.24, 2.45) is 56.4 Å². The zero-order chi connectivity index (χ0) is 87.1. The second-order valence-electron chi connectivity index (χ2n) is 27.0. The molecule has 16 rings (SSSR count). The molecule has 0 saturated heterocycles. The predicted molar refractivity (Wildman–Crippen MR) is 437 cm³/mol. The van der Waals surface area contributed by atoms with Gasteiger partial charge >= 0.3 is 0 Å². The van der Waals surface area contributed by atoms with Crippen molar-refractivity contribution in [1.29, 1.82) is 0 Å². The monoisotopic (exact) mass is 1630 g/mol. The SMILES string of the molecule is Cn1cc[n+](Cc2ccccc2)c1.Cn1cc[n+](Cc2ccccc2)c1.Cn1cc[n+](Cc2ccccc2)c1.Cn1cc[n+](Cc2ccccc2)c1.Cn1cc[n+](Cc2ccccc2)c1.Cn1cc[n+](Cc2ccccc2)c1.Cn1cc[n+](Cc2ccccc2)c1.Cn1cc[n+](Cc2ccccc2)c1.[O-]B([O-])F.[O-]B([O-])F.[O-]B([O-])F.[O-]B([O-])F. The van der Waals surface area contributed by atoms with Gasteiger partial charge in [0.1, 0.15) is 181 Å². The molecule has 32 heteroatoms. The van der Waals surface area contributed by atoms with Crippen LogP contribution in [0.25, 0.3) is 0 Å². The molecule has 0 aliphatic heterocycles. The van der Waals surface area contributed by atoms with E-state index in [2.05, 4.69) is 331 Å². The highest BCUT2D eigenvalue weighted by molar-refractivity contribution is 6.27. The quantitative estimate of drug-likeness (QED) is 0.0777. The molecule has 0 aliphatic rings. The highest BCUT2D eigenvalue weighted by atomic mass is 19.1. The Hall–Kier alpha value is -12.9. The second-order valence-corrected chi connectivity index (χ2v) is 27.0. The number of benzene rings is 8. The molecule has 0 radical (unpaired) electrons. The van der Waals surface area contributed by atoms with Crippen molar-refractivity contribution in [2.45, 2.75) is 52.4 Å². The molecule has 8 heterocycles. The first-order chi connectivity index (χ1) is 57.7. The minimum Gasteiger partial charge on any atom is -0.867 e. The summed E-state index contributed by atoms with van der Waals surface area (Å²) in [6.45, 7) is 7.57. The molecule has 24 nitrogen and oxygen atoms in total. The normalized spacial score (nSPS) is 9.77. The van der Waals surface area contributed by atoms with E-state index in [1.807, 2.05) is 191 Å². The molecule has 624 valence electrons. The van der Waals surface area contributed by atoms with Crippen LogP contribution in [0.3, 0.4) is 0 Å². The van der Waals surface area contributed by atoms with Gasteiger partial charge in [0, 0.05) is 0 Å². The summed E-state index contributed by atoms with van der Waals surface area (Å²) in [5.41, 5.74) is 10.7. The Morgan fingerprint density at radius 2 is 0.267 bits per heavy atom. The van der Waals surface area contributed by atoms with Gasteiger partial charge in [0.2, 0.25) is 50.6 Å². The smallest absolute Gasteiger partial charge is 0.243 e. The van der Waals surface area contributed by atoms with Crippen molar-refractivity contribution >= 4 is 29.6 Å². The third kappa shape index (κ3) is 47.3. The van der Waals surface area contributed by atoms with Crippen LogP contribution in [0.1, 0.15) is 44.5 Å². The van der Waals surface area contributed by atoms with Gasteiger partial charge in [-0.15, -0.1) is 0 Å². The summed E-state index contributed by atoms with van der Waals surface area (Å²) in [5, 5.41) is 66.4. The standard InChI is InChI=1S/8C11H13N2.4BFO2/c8*1-12-7-8-13(10-12)9-11-5-3-2-4-6-11;4*2-1(3)4/h8*2-8,10H,9H2,1H3;;;;/q8*+1;4*-2. The average Bonchev–Trinajstić information content (AvgIpc) is 1.80. The van der Waals surface area contributed by atoms with Crippen molar-refractivity contribution in [2.75, 3.05) is 0 Å². The van der Waals surface area contributed by atoms with E-state index >= 15 is 0 Å². The summed E-state index contributed by atoms with van der Waals surface area (Å²) in [4.78, 5) is 0. The van der Waals surface area contributed by atoms with Crippen LogP contribution in [-0.4, -0.2) is 66.1 Å². The molecule has 0 amide bonds. The number of nitrogens with zero attached hydrogens (tertiary/aromatic N) is 16. The molecule has 0 unspecified atom stereocenters. The molecule has 120 heavy (non-hydrogen) atoms. The molecular formula is C88H104B4F4N16O8. The lowest BCUT2D eigenvalue weighted by Gasteiger charge is -2.09. The van der Waals surface area contributed by atoms with E-state index < -0.39 is 29.6 Å². The zero-order valence-electron chi connectivity index (χ0n) is 68.8. The molecule has 8 aromatic carbocycles. The van der Waals surface area contributed by atoms with Crippen molar-refractivity contribution in [3.8, 4) is 0 Å². The average molecular weight is 1630 g/mol. The summed E-state index contributed by atoms with van der Waals surface area (Å²) in [6, 6.07) is 83.6. The summed E-state index contributed by atoms with van der Waals surface area (Å²) in [7, 11) is 3.57. The summed E-state index contributed by atoms with van der Waals surface area (Å²) in [6.07, 6.45) is 49.6. The Kier molecular flexibility index (Phi) is 46.6. The number of halogens is 4. The topological polar surface area (TPSA) is 255 Å². The van der Waals surface area contributed by atoms with Gasteiger partial charge < -0.3 is 57.5 Å². The number of hydrogen-bond acceptors (Lipinski definition) is 8. The van der Waals surface area contributed by atoms with Crippen LogP contribution < -0.4 is 76.7 Å². The fourth-order valence-electron chi connectivity index (χ4n) is 11.1. The van der Waals surface area contributed by atoms with E-state index in [0.717, 1.165) is 52.4 Å². The lowest BCUT2D eigenvalue weighted by Crippen LogP contribution is -2.39. The number of hydrogen-bond donors (Lipinski definition) is 0. The molecule has 0 aliphatic carbocycles. The number of imidazole rings is 8. The maximum absolute atomic E-state index is 9.89. The largest absolute Gasteiger partial charge is 0.867 e. The fourth-order valence-corrected chi connectivity index (χ4v) is 11.1. The fraction of sp³-hybridized carbons (Fsp3) is 0.182. The summed E-state index contributed by atoms with van der Waals surface area (Å²) >= 11 is 0. The molecule has 0 spiro atoms. The highest BCUT2D eigenvalue weighted by Crippen LogP contribution is 2.04. The number of aryl methyl sites for hydroxylation is 8. The number of aromatic nitrogens is 16. The van der Waals surface area contributed by atoms with Crippen LogP contribution in [-0.2, 0) is 109 Å². The van der Waals surface area contributed by atoms with Crippen LogP contribution in [0.15, 0.2) is 392 Å². The molecule has 0 saturated carbocycles. The first-order valence-corrected chi connectivity index (χ1v) is 37.9. The molecule has 0 fully saturated rings. The van der Waals surface area contributed by atoms with E-state index in [1.54, 1.807) is 0 Å². The minimum atomic E-state index is -3.17. The molecule has 0 N–H and O–H groups in total. The molecule has 0 bridgehead atoms. The molecule has 0 atom stereocenters. The maximum atomic E-state index is 9.89. The van der Waals surface area contributed by atoms with Gasteiger partial charge in [-0.3, -0.25) is 0 Å². The van der Waals surface area contributed by atoms with Gasteiger partial charge in [-0.2, -0.15) is 0 Å². The van der Waals surface area contributed by atoms with Gasteiger partial charge in [-0.25, -0.2) is 73.1 Å². The Bertz CT molecular complexity index is 4220. The lowest BCUT2D eigenvalue weighted by atomic mass is 10.2. The van der Waals surface area contributed by atoms with E-state index in [-0.39, 0.29) is 0 Å². The molecular weight excluding hydrogens is 1530 g/mol. The van der Waals surface area contributed by atoms with E-state index in [0.29, 0.717) is 0 Å². The lowest BCUT2D eigenvalue weighted by molar-refractivity contribution is -0.687. The molecule has 8 aromatic heterocycles.